The van der Waals surface area contributed by atoms with Crippen molar-refractivity contribution in [2.45, 2.75) is 45.1 Å². The number of carbonyl (C=O) groups is 3. The van der Waals surface area contributed by atoms with Gasteiger partial charge in [-0.2, -0.15) is 0 Å². The lowest BCUT2D eigenvalue weighted by molar-refractivity contribution is -0.133. The summed E-state index contributed by atoms with van der Waals surface area (Å²) in [5.74, 6) is 0.813. The van der Waals surface area contributed by atoms with Gasteiger partial charge in [0.15, 0.2) is 6.10 Å². The van der Waals surface area contributed by atoms with Crippen LogP contribution >= 0.6 is 0 Å². The zero-order valence-corrected chi connectivity index (χ0v) is 19.5. The average molecular weight is 466 g/mol. The maximum atomic E-state index is 12.9. The van der Waals surface area contributed by atoms with Crippen LogP contribution in [0.1, 0.15) is 39.0 Å². The first kappa shape index (κ1) is 23.6. The molecule has 1 N–H and O–H groups in total. The normalized spacial score (nSPS) is 17.6. The highest BCUT2D eigenvalue weighted by atomic mass is 16.5. The summed E-state index contributed by atoms with van der Waals surface area (Å²) in [4.78, 5) is 41.4. The number of hydrogen-bond donors (Lipinski definition) is 1. The van der Waals surface area contributed by atoms with Crippen molar-refractivity contribution < 1.29 is 23.9 Å². The zero-order valence-electron chi connectivity index (χ0n) is 19.5. The van der Waals surface area contributed by atoms with E-state index in [1.807, 2.05) is 35.2 Å². The lowest BCUT2D eigenvalue weighted by Gasteiger charge is -2.35. The van der Waals surface area contributed by atoms with E-state index in [0.717, 1.165) is 38.1 Å². The molecule has 0 saturated carbocycles. The van der Waals surface area contributed by atoms with Crippen LogP contribution in [0, 0.1) is 0 Å². The molecule has 8 nitrogen and oxygen atoms in total. The van der Waals surface area contributed by atoms with E-state index in [-0.39, 0.29) is 24.3 Å². The number of carbonyl (C=O) groups excluding carboxylic acids is 3. The van der Waals surface area contributed by atoms with E-state index in [2.05, 4.69) is 5.32 Å². The van der Waals surface area contributed by atoms with Gasteiger partial charge < -0.3 is 19.7 Å². The van der Waals surface area contributed by atoms with Gasteiger partial charge in [0.1, 0.15) is 18.0 Å². The van der Waals surface area contributed by atoms with Crippen molar-refractivity contribution in [1.29, 1.82) is 0 Å². The van der Waals surface area contributed by atoms with E-state index in [4.69, 9.17) is 9.47 Å². The Morgan fingerprint density at radius 1 is 1.09 bits per heavy atom. The van der Waals surface area contributed by atoms with Crippen molar-refractivity contribution in [3.8, 4) is 11.5 Å². The summed E-state index contributed by atoms with van der Waals surface area (Å²) in [5, 5.41) is 2.87. The fourth-order valence-electron chi connectivity index (χ4n) is 4.19. The van der Waals surface area contributed by atoms with Crippen LogP contribution in [0.4, 0.5) is 11.4 Å². The number of likely N-dealkylation sites (tertiary alicyclic amines) is 1. The second kappa shape index (κ2) is 11.0. The van der Waals surface area contributed by atoms with Crippen molar-refractivity contribution in [3.05, 3.63) is 48.5 Å². The molecule has 1 atom stereocenters. The van der Waals surface area contributed by atoms with E-state index >= 15 is 0 Å². The molecule has 4 rings (SSSR count). The number of benzene rings is 2. The number of para-hydroxylation sites is 1. The summed E-state index contributed by atoms with van der Waals surface area (Å²) in [7, 11) is 0. The molecule has 34 heavy (non-hydrogen) atoms. The Bertz CT molecular complexity index is 1020. The first-order chi connectivity index (χ1) is 16.5. The van der Waals surface area contributed by atoms with Crippen LogP contribution in [-0.2, 0) is 14.4 Å². The highest BCUT2D eigenvalue weighted by Crippen LogP contribution is 2.36. The molecule has 0 bridgehead atoms. The fourth-order valence-corrected chi connectivity index (χ4v) is 4.19. The van der Waals surface area contributed by atoms with Crippen LogP contribution in [0.25, 0.3) is 0 Å². The second-order valence-electron chi connectivity index (χ2n) is 8.62. The molecule has 0 spiro atoms. The summed E-state index contributed by atoms with van der Waals surface area (Å²) >= 11 is 0. The summed E-state index contributed by atoms with van der Waals surface area (Å²) in [5.41, 5.74) is 1.05. The Morgan fingerprint density at radius 2 is 1.85 bits per heavy atom. The van der Waals surface area contributed by atoms with Crippen LogP contribution in [0.2, 0.25) is 0 Å². The van der Waals surface area contributed by atoms with Gasteiger partial charge >= 0.3 is 0 Å². The Kier molecular flexibility index (Phi) is 7.67. The SMILES string of the molecule is CC1Oc2ccc(NC(=O)CCCOc3ccccc3)cc2N(CC(=O)N2CCCCC2)C1=O. The van der Waals surface area contributed by atoms with Gasteiger partial charge in [-0.15, -0.1) is 0 Å². The molecular weight excluding hydrogens is 434 g/mol. The van der Waals surface area contributed by atoms with E-state index in [9.17, 15) is 14.4 Å². The number of anilines is 2. The Hall–Kier alpha value is -3.55. The summed E-state index contributed by atoms with van der Waals surface area (Å²) in [6, 6.07) is 14.6. The smallest absolute Gasteiger partial charge is 0.268 e. The van der Waals surface area contributed by atoms with Gasteiger partial charge in [-0.3, -0.25) is 19.3 Å². The fraction of sp³-hybridized carbons (Fsp3) is 0.423. The highest BCUT2D eigenvalue weighted by molar-refractivity contribution is 6.04. The molecule has 180 valence electrons. The molecule has 2 aliphatic heterocycles. The number of ether oxygens (including phenoxy) is 2. The highest BCUT2D eigenvalue weighted by Gasteiger charge is 2.34. The van der Waals surface area contributed by atoms with Gasteiger partial charge in [0.25, 0.3) is 5.91 Å². The van der Waals surface area contributed by atoms with E-state index in [1.165, 1.54) is 4.90 Å². The number of hydrogen-bond acceptors (Lipinski definition) is 5. The van der Waals surface area contributed by atoms with Crippen LogP contribution in [0.15, 0.2) is 48.5 Å². The quantitative estimate of drug-likeness (QED) is 0.602. The molecule has 1 saturated heterocycles. The predicted octanol–water partition coefficient (Wildman–Crippen LogP) is 3.61. The zero-order chi connectivity index (χ0) is 23.9. The lowest BCUT2D eigenvalue weighted by atomic mass is 10.1. The molecule has 1 fully saturated rings. The van der Waals surface area contributed by atoms with Crippen molar-refractivity contribution in [2.75, 3.05) is 36.5 Å². The maximum absolute atomic E-state index is 12.9. The minimum absolute atomic E-state index is 0.0340. The predicted molar refractivity (Wildman–Crippen MR) is 129 cm³/mol. The first-order valence-electron chi connectivity index (χ1n) is 11.9. The Labute approximate surface area is 199 Å². The molecule has 2 aliphatic rings. The van der Waals surface area contributed by atoms with Crippen LogP contribution in [0.5, 0.6) is 11.5 Å². The molecule has 2 aromatic carbocycles. The molecule has 8 heteroatoms. The Morgan fingerprint density at radius 3 is 2.62 bits per heavy atom. The minimum atomic E-state index is -0.674. The third-order valence-electron chi connectivity index (χ3n) is 6.01. The van der Waals surface area contributed by atoms with E-state index < -0.39 is 6.10 Å². The van der Waals surface area contributed by atoms with Crippen LogP contribution in [0.3, 0.4) is 0 Å². The molecule has 2 heterocycles. The summed E-state index contributed by atoms with van der Waals surface area (Å²) in [6.45, 7) is 3.53. The standard InChI is InChI=1S/C26H31N3O5/c1-19-26(32)29(18-25(31)28-14-6-3-7-15-28)22-17-20(12-13-23(22)34-19)27-24(30)11-8-16-33-21-9-4-2-5-10-21/h2,4-5,9-10,12-13,17,19H,3,6-8,11,14-16,18H2,1H3,(H,27,30). The minimum Gasteiger partial charge on any atom is -0.494 e. The van der Waals surface area contributed by atoms with Gasteiger partial charge in [0.2, 0.25) is 11.8 Å². The van der Waals surface area contributed by atoms with Crippen molar-refractivity contribution in [1.82, 2.24) is 4.90 Å². The van der Waals surface area contributed by atoms with Gasteiger partial charge in [-0.25, -0.2) is 0 Å². The van der Waals surface area contributed by atoms with E-state index in [0.29, 0.717) is 36.6 Å². The van der Waals surface area contributed by atoms with Crippen LogP contribution < -0.4 is 19.7 Å². The number of rotatable bonds is 8. The molecule has 3 amide bonds. The van der Waals surface area contributed by atoms with Gasteiger partial charge in [-0.1, -0.05) is 18.2 Å². The molecular formula is C26H31N3O5. The van der Waals surface area contributed by atoms with Gasteiger partial charge in [0.05, 0.1) is 12.3 Å². The van der Waals surface area contributed by atoms with Gasteiger partial charge in [-0.05, 0) is 62.9 Å². The monoisotopic (exact) mass is 465 g/mol. The maximum Gasteiger partial charge on any atom is 0.268 e. The summed E-state index contributed by atoms with van der Waals surface area (Å²) in [6.07, 6.45) is 3.30. The number of piperidine rings is 1. The molecule has 1 unspecified atom stereocenters. The number of nitrogens with one attached hydrogen (secondary N) is 1. The van der Waals surface area contributed by atoms with Gasteiger partial charge in [0, 0.05) is 25.2 Å². The largest absolute Gasteiger partial charge is 0.494 e. The first-order valence-corrected chi connectivity index (χ1v) is 11.9. The third kappa shape index (κ3) is 5.87. The van der Waals surface area contributed by atoms with Crippen molar-refractivity contribution in [2.24, 2.45) is 0 Å². The van der Waals surface area contributed by atoms with Crippen molar-refractivity contribution in [3.63, 3.8) is 0 Å². The van der Waals surface area contributed by atoms with Crippen LogP contribution in [-0.4, -0.2) is 55.0 Å². The number of amides is 3. The van der Waals surface area contributed by atoms with Crippen molar-refractivity contribution >= 4 is 29.1 Å². The number of fused-ring (bicyclic) bond motifs is 1. The Balaban J connectivity index is 1.37. The second-order valence-corrected chi connectivity index (χ2v) is 8.62. The molecule has 0 aromatic heterocycles. The summed E-state index contributed by atoms with van der Waals surface area (Å²) < 4.78 is 11.4. The molecule has 2 aromatic rings. The topological polar surface area (TPSA) is 88.2 Å². The number of nitrogens with zero attached hydrogens (tertiary/aromatic N) is 2. The van der Waals surface area contributed by atoms with E-state index in [1.54, 1.807) is 25.1 Å². The molecule has 0 aliphatic carbocycles. The lowest BCUT2D eigenvalue weighted by Crippen LogP contribution is -2.50. The molecule has 0 radical (unpaired) electrons. The third-order valence-corrected chi connectivity index (χ3v) is 6.01. The average Bonchev–Trinajstić information content (AvgIpc) is 2.86.